The Morgan fingerprint density at radius 2 is 1.76 bits per heavy atom. The molecule has 0 atom stereocenters. The van der Waals surface area contributed by atoms with Crippen LogP contribution in [0.2, 0.25) is 0 Å². The molecule has 0 unspecified atom stereocenters. The largest absolute Gasteiger partial charge is 0.486 e. The van der Waals surface area contributed by atoms with Crippen LogP contribution in [0.15, 0.2) is 36.4 Å². The minimum Gasteiger partial charge on any atom is -0.486 e. The third-order valence-corrected chi connectivity index (χ3v) is 2.98. The Hall–Kier alpha value is -2.63. The molecule has 1 aliphatic rings. The lowest BCUT2D eigenvalue weighted by Crippen LogP contribution is -2.17. The quantitative estimate of drug-likeness (QED) is 0.925. The second-order valence-electron chi connectivity index (χ2n) is 4.44. The van der Waals surface area contributed by atoms with Crippen molar-refractivity contribution in [1.29, 1.82) is 0 Å². The second-order valence-corrected chi connectivity index (χ2v) is 4.44. The predicted octanol–water partition coefficient (Wildman–Crippen LogP) is 2.99. The molecule has 4 nitrogen and oxygen atoms in total. The zero-order chi connectivity index (χ0) is 14.8. The molecule has 108 valence electrons. The zero-order valence-corrected chi connectivity index (χ0v) is 10.9. The minimum absolute atomic E-state index is 0.230. The summed E-state index contributed by atoms with van der Waals surface area (Å²) in [6.07, 6.45) is 0. The first-order valence-corrected chi connectivity index (χ1v) is 6.29. The summed E-state index contributed by atoms with van der Waals surface area (Å²) in [6.45, 7) is 0.899. The van der Waals surface area contributed by atoms with Crippen LogP contribution in [0.4, 0.5) is 14.5 Å². The van der Waals surface area contributed by atoms with Crippen LogP contribution in [0, 0.1) is 11.6 Å². The zero-order valence-electron chi connectivity index (χ0n) is 10.9. The Kier molecular flexibility index (Phi) is 3.43. The molecule has 0 fully saturated rings. The number of fused-ring (bicyclic) bond motifs is 1. The van der Waals surface area contributed by atoms with E-state index in [4.69, 9.17) is 9.47 Å². The van der Waals surface area contributed by atoms with Crippen molar-refractivity contribution in [3.63, 3.8) is 0 Å². The molecule has 0 saturated heterocycles. The number of nitrogens with one attached hydrogen (secondary N) is 1. The summed E-state index contributed by atoms with van der Waals surface area (Å²) in [5.41, 5.74) is 0.208. The fourth-order valence-electron chi connectivity index (χ4n) is 1.99. The van der Waals surface area contributed by atoms with Gasteiger partial charge in [-0.3, -0.25) is 4.79 Å². The monoisotopic (exact) mass is 291 g/mol. The first kappa shape index (κ1) is 13.4. The maximum Gasteiger partial charge on any atom is 0.258 e. The minimum atomic E-state index is -0.912. The van der Waals surface area contributed by atoms with Crippen molar-refractivity contribution in [3.8, 4) is 11.5 Å². The molecule has 2 aromatic carbocycles. The Morgan fingerprint density at radius 3 is 2.52 bits per heavy atom. The average Bonchev–Trinajstić information content (AvgIpc) is 2.47. The van der Waals surface area contributed by atoms with Crippen molar-refractivity contribution >= 4 is 11.6 Å². The van der Waals surface area contributed by atoms with Gasteiger partial charge in [-0.15, -0.1) is 0 Å². The summed E-state index contributed by atoms with van der Waals surface area (Å²) in [4.78, 5) is 12.0. The van der Waals surface area contributed by atoms with Crippen LogP contribution in [0.5, 0.6) is 11.5 Å². The number of halogens is 2. The van der Waals surface area contributed by atoms with Crippen LogP contribution >= 0.6 is 0 Å². The summed E-state index contributed by atoms with van der Waals surface area (Å²) in [5, 5.41) is 2.53. The van der Waals surface area contributed by atoms with Crippen LogP contribution in [0.3, 0.4) is 0 Å². The van der Waals surface area contributed by atoms with E-state index in [-0.39, 0.29) is 5.56 Å². The van der Waals surface area contributed by atoms with Gasteiger partial charge in [0.2, 0.25) is 0 Å². The highest BCUT2D eigenvalue weighted by Crippen LogP contribution is 2.32. The number of carbonyl (C=O) groups is 1. The Morgan fingerprint density at radius 1 is 1.00 bits per heavy atom. The lowest BCUT2D eigenvalue weighted by Gasteiger charge is -2.19. The third kappa shape index (κ3) is 2.79. The molecule has 0 aromatic heterocycles. The molecule has 0 saturated carbocycles. The van der Waals surface area contributed by atoms with Gasteiger partial charge in [0.15, 0.2) is 11.5 Å². The molecule has 0 bridgehead atoms. The number of amides is 1. The molecule has 0 spiro atoms. The summed E-state index contributed by atoms with van der Waals surface area (Å²) < 4.78 is 37.1. The van der Waals surface area contributed by atoms with Gasteiger partial charge in [0, 0.05) is 17.8 Å². The van der Waals surface area contributed by atoms with E-state index >= 15 is 0 Å². The lowest BCUT2D eigenvalue weighted by atomic mass is 10.2. The predicted molar refractivity (Wildman–Crippen MR) is 71.7 cm³/mol. The van der Waals surface area contributed by atoms with E-state index in [9.17, 15) is 13.6 Å². The van der Waals surface area contributed by atoms with E-state index in [2.05, 4.69) is 5.32 Å². The Balaban J connectivity index is 1.81. The number of rotatable bonds is 2. The maximum absolute atomic E-state index is 13.5. The van der Waals surface area contributed by atoms with Crippen molar-refractivity contribution in [2.24, 2.45) is 0 Å². The normalized spacial score (nSPS) is 12.9. The van der Waals surface area contributed by atoms with Crippen molar-refractivity contribution in [1.82, 2.24) is 0 Å². The van der Waals surface area contributed by atoms with Crippen LogP contribution in [-0.2, 0) is 0 Å². The number of ether oxygens (including phenoxy) is 2. The number of anilines is 1. The van der Waals surface area contributed by atoms with E-state index < -0.39 is 17.5 Å². The van der Waals surface area contributed by atoms with Crippen molar-refractivity contribution in [3.05, 3.63) is 53.6 Å². The average molecular weight is 291 g/mol. The van der Waals surface area contributed by atoms with Crippen LogP contribution in [-0.4, -0.2) is 19.1 Å². The Labute approximate surface area is 119 Å². The number of benzene rings is 2. The third-order valence-electron chi connectivity index (χ3n) is 2.98. The van der Waals surface area contributed by atoms with Crippen LogP contribution < -0.4 is 14.8 Å². The van der Waals surface area contributed by atoms with E-state index in [0.717, 1.165) is 12.1 Å². The van der Waals surface area contributed by atoms with Gasteiger partial charge in [-0.25, -0.2) is 8.78 Å². The molecule has 21 heavy (non-hydrogen) atoms. The van der Waals surface area contributed by atoms with Gasteiger partial charge in [0.1, 0.15) is 24.8 Å². The van der Waals surface area contributed by atoms with Crippen LogP contribution in [0.1, 0.15) is 10.4 Å². The summed E-state index contributed by atoms with van der Waals surface area (Å²) >= 11 is 0. The second kappa shape index (κ2) is 5.40. The van der Waals surface area contributed by atoms with Gasteiger partial charge in [0.05, 0.1) is 5.56 Å². The number of hydrogen-bond acceptors (Lipinski definition) is 3. The molecule has 2 aromatic rings. The summed E-state index contributed by atoms with van der Waals surface area (Å²) in [6, 6.07) is 7.66. The highest BCUT2D eigenvalue weighted by Gasteiger charge is 2.15. The van der Waals surface area contributed by atoms with E-state index in [1.165, 1.54) is 0 Å². The van der Waals surface area contributed by atoms with Crippen molar-refractivity contribution in [2.45, 2.75) is 0 Å². The topological polar surface area (TPSA) is 47.6 Å². The van der Waals surface area contributed by atoms with Gasteiger partial charge in [-0.05, 0) is 24.3 Å². The fourth-order valence-corrected chi connectivity index (χ4v) is 1.99. The standard InChI is InChI=1S/C15H11F2NO3/c16-9-1-3-11(12(17)7-9)15(19)18-10-2-4-13-14(8-10)21-6-5-20-13/h1-4,7-8H,5-6H2,(H,18,19). The van der Waals surface area contributed by atoms with Crippen molar-refractivity contribution < 1.29 is 23.0 Å². The molecule has 1 N–H and O–H groups in total. The van der Waals surface area contributed by atoms with E-state index in [0.29, 0.717) is 36.5 Å². The highest BCUT2D eigenvalue weighted by molar-refractivity contribution is 6.04. The highest BCUT2D eigenvalue weighted by atomic mass is 19.1. The van der Waals surface area contributed by atoms with Gasteiger partial charge in [-0.2, -0.15) is 0 Å². The Bertz CT molecular complexity index is 703. The maximum atomic E-state index is 13.5. The molecule has 1 aliphatic heterocycles. The van der Waals surface area contributed by atoms with Gasteiger partial charge in [-0.1, -0.05) is 0 Å². The molecular formula is C15H11F2NO3. The van der Waals surface area contributed by atoms with Gasteiger partial charge < -0.3 is 14.8 Å². The number of hydrogen-bond donors (Lipinski definition) is 1. The van der Waals surface area contributed by atoms with Gasteiger partial charge >= 0.3 is 0 Å². The SMILES string of the molecule is O=C(Nc1ccc2c(c1)OCCO2)c1ccc(F)cc1F. The first-order chi connectivity index (χ1) is 10.1. The molecule has 0 aliphatic carbocycles. The van der Waals surface area contributed by atoms with Gasteiger partial charge in [0.25, 0.3) is 5.91 Å². The molecular weight excluding hydrogens is 280 g/mol. The van der Waals surface area contributed by atoms with E-state index in [1.54, 1.807) is 18.2 Å². The number of carbonyl (C=O) groups excluding carboxylic acids is 1. The fraction of sp³-hybridized carbons (Fsp3) is 0.133. The summed E-state index contributed by atoms with van der Waals surface area (Å²) in [5.74, 6) is -1.21. The molecule has 1 heterocycles. The lowest BCUT2D eigenvalue weighted by molar-refractivity contribution is 0.102. The van der Waals surface area contributed by atoms with Crippen LogP contribution in [0.25, 0.3) is 0 Å². The molecule has 3 rings (SSSR count). The molecule has 0 radical (unpaired) electrons. The molecule has 6 heteroatoms. The first-order valence-electron chi connectivity index (χ1n) is 6.29. The van der Waals surface area contributed by atoms with E-state index in [1.807, 2.05) is 0 Å². The summed E-state index contributed by atoms with van der Waals surface area (Å²) in [7, 11) is 0. The smallest absolute Gasteiger partial charge is 0.258 e. The van der Waals surface area contributed by atoms with Crippen molar-refractivity contribution in [2.75, 3.05) is 18.5 Å². The molecule has 1 amide bonds.